The van der Waals surface area contributed by atoms with Gasteiger partial charge in [-0.1, -0.05) is 23.7 Å². The van der Waals surface area contributed by atoms with Crippen LogP contribution in [0.5, 0.6) is 11.5 Å². The first-order chi connectivity index (χ1) is 13.7. The molecule has 0 aromatic heterocycles. The molecule has 3 rings (SSSR count). The molecule has 2 aromatic carbocycles. The quantitative estimate of drug-likeness (QED) is 0.626. The van der Waals surface area contributed by atoms with E-state index in [2.05, 4.69) is 5.32 Å². The van der Waals surface area contributed by atoms with E-state index in [4.69, 9.17) is 20.5 Å². The summed E-state index contributed by atoms with van der Waals surface area (Å²) in [6.45, 7) is 0.703. The topological polar surface area (TPSA) is 84.9 Å². The Morgan fingerprint density at radius 1 is 1.21 bits per heavy atom. The lowest BCUT2D eigenvalue weighted by atomic mass is 10.2. The van der Waals surface area contributed by atoms with Crippen molar-refractivity contribution in [3.63, 3.8) is 0 Å². The lowest BCUT2D eigenvalue weighted by molar-refractivity contribution is 0.206. The fourth-order valence-corrected chi connectivity index (χ4v) is 3.58. The van der Waals surface area contributed by atoms with E-state index in [-0.39, 0.29) is 18.3 Å². The molecule has 29 heavy (non-hydrogen) atoms. The fourth-order valence-electron chi connectivity index (χ4n) is 2.90. The molecule has 0 bridgehead atoms. The SMILES string of the molecule is COc1ccccc1NC(=O)N(Cc1cc(Cl)ccc1OS(C)(=O)=O)CC1CC1. The van der Waals surface area contributed by atoms with Gasteiger partial charge in [-0.15, -0.1) is 0 Å². The van der Waals surface area contributed by atoms with Gasteiger partial charge in [0.25, 0.3) is 0 Å². The summed E-state index contributed by atoms with van der Waals surface area (Å²) in [6.07, 6.45) is 3.09. The van der Waals surface area contributed by atoms with E-state index in [0.717, 1.165) is 19.1 Å². The van der Waals surface area contributed by atoms with Crippen LogP contribution in [0.2, 0.25) is 5.02 Å². The number of amides is 2. The fraction of sp³-hybridized carbons (Fsp3) is 0.350. The number of methoxy groups -OCH3 is 1. The molecular formula is C20H23ClN2O5S. The molecule has 1 aliphatic carbocycles. The second-order valence-corrected chi connectivity index (χ2v) is 9.01. The standard InChI is InChI=1S/C20H23ClN2O5S/c1-27-19-6-4-3-5-17(19)22-20(24)23(12-14-7-8-14)13-15-11-16(21)9-10-18(15)28-29(2,25)26/h3-6,9-11,14H,7-8,12-13H2,1-2H3,(H,22,24). The smallest absolute Gasteiger partial charge is 0.322 e. The maximum absolute atomic E-state index is 13.0. The van der Waals surface area contributed by atoms with Crippen molar-refractivity contribution in [1.82, 2.24) is 4.90 Å². The third kappa shape index (κ3) is 6.27. The largest absolute Gasteiger partial charge is 0.495 e. The molecule has 1 N–H and O–H groups in total. The van der Waals surface area contributed by atoms with Crippen molar-refractivity contribution >= 4 is 33.4 Å². The minimum Gasteiger partial charge on any atom is -0.495 e. The number of benzene rings is 2. The monoisotopic (exact) mass is 438 g/mol. The Morgan fingerprint density at radius 2 is 1.93 bits per heavy atom. The van der Waals surface area contributed by atoms with Gasteiger partial charge >= 0.3 is 16.1 Å². The van der Waals surface area contributed by atoms with Gasteiger partial charge in [-0.2, -0.15) is 8.42 Å². The number of ether oxygens (including phenoxy) is 1. The summed E-state index contributed by atoms with van der Waals surface area (Å²) in [5.74, 6) is 1.13. The zero-order valence-corrected chi connectivity index (χ0v) is 17.8. The third-order valence-corrected chi connectivity index (χ3v) is 5.15. The maximum Gasteiger partial charge on any atom is 0.322 e. The number of rotatable bonds is 8. The van der Waals surface area contributed by atoms with Gasteiger partial charge in [0.1, 0.15) is 11.5 Å². The van der Waals surface area contributed by atoms with Gasteiger partial charge in [0.05, 0.1) is 25.6 Å². The molecule has 0 atom stereocenters. The van der Waals surface area contributed by atoms with Gasteiger partial charge in [-0.3, -0.25) is 0 Å². The molecule has 2 amide bonds. The zero-order chi connectivity index (χ0) is 21.0. The normalized spacial score (nSPS) is 13.6. The van der Waals surface area contributed by atoms with Crippen molar-refractivity contribution in [2.24, 2.45) is 5.92 Å². The molecular weight excluding hydrogens is 416 g/mol. The molecule has 1 aliphatic rings. The van der Waals surface area contributed by atoms with Crippen molar-refractivity contribution in [2.45, 2.75) is 19.4 Å². The number of urea groups is 1. The van der Waals surface area contributed by atoms with Gasteiger partial charge in [-0.05, 0) is 49.1 Å². The number of hydrogen-bond donors (Lipinski definition) is 1. The zero-order valence-electron chi connectivity index (χ0n) is 16.2. The van der Waals surface area contributed by atoms with E-state index < -0.39 is 10.1 Å². The van der Waals surface area contributed by atoms with Crippen LogP contribution in [0.25, 0.3) is 0 Å². The molecule has 0 unspecified atom stereocenters. The highest BCUT2D eigenvalue weighted by Gasteiger charge is 2.28. The minimum atomic E-state index is -3.72. The third-order valence-electron chi connectivity index (χ3n) is 4.44. The summed E-state index contributed by atoms with van der Waals surface area (Å²) in [7, 11) is -2.18. The van der Waals surface area contributed by atoms with E-state index in [1.54, 1.807) is 35.2 Å². The van der Waals surface area contributed by atoms with Crippen molar-refractivity contribution in [1.29, 1.82) is 0 Å². The Labute approximate surface area is 175 Å². The number of carbonyl (C=O) groups is 1. The molecule has 0 aliphatic heterocycles. The van der Waals surface area contributed by atoms with Crippen molar-refractivity contribution in [2.75, 3.05) is 25.2 Å². The highest BCUT2D eigenvalue weighted by Crippen LogP contribution is 2.32. The summed E-state index contributed by atoms with van der Waals surface area (Å²) in [5, 5.41) is 3.30. The second kappa shape index (κ2) is 8.92. The molecule has 0 heterocycles. The number of anilines is 1. The van der Waals surface area contributed by atoms with E-state index in [9.17, 15) is 13.2 Å². The Hall–Kier alpha value is -2.45. The second-order valence-electron chi connectivity index (χ2n) is 6.99. The number of nitrogens with zero attached hydrogens (tertiary/aromatic N) is 1. The molecule has 1 fully saturated rings. The summed E-state index contributed by atoms with van der Waals surface area (Å²) in [5.41, 5.74) is 1.07. The van der Waals surface area contributed by atoms with Crippen LogP contribution in [0, 0.1) is 5.92 Å². The van der Waals surface area contributed by atoms with E-state index >= 15 is 0 Å². The number of hydrogen-bond acceptors (Lipinski definition) is 5. The first kappa shape index (κ1) is 21.3. The van der Waals surface area contributed by atoms with Gasteiger partial charge < -0.3 is 19.1 Å². The predicted octanol–water partition coefficient (Wildman–Crippen LogP) is 4.13. The Kier molecular flexibility index (Phi) is 6.54. The maximum atomic E-state index is 13.0. The average Bonchev–Trinajstić information content (AvgIpc) is 3.47. The predicted molar refractivity (Wildman–Crippen MR) is 112 cm³/mol. The average molecular weight is 439 g/mol. The Morgan fingerprint density at radius 3 is 2.59 bits per heavy atom. The lowest BCUT2D eigenvalue weighted by Crippen LogP contribution is -2.36. The van der Waals surface area contributed by atoms with Gasteiger partial charge in [-0.25, -0.2) is 4.79 Å². The van der Waals surface area contributed by atoms with Crippen LogP contribution < -0.4 is 14.2 Å². The molecule has 9 heteroatoms. The molecule has 1 saturated carbocycles. The van der Waals surface area contributed by atoms with Crippen molar-refractivity contribution < 1.29 is 22.1 Å². The van der Waals surface area contributed by atoms with E-state index in [1.165, 1.54) is 13.2 Å². The summed E-state index contributed by atoms with van der Waals surface area (Å²) < 4.78 is 33.6. The molecule has 0 radical (unpaired) electrons. The minimum absolute atomic E-state index is 0.155. The van der Waals surface area contributed by atoms with Crippen LogP contribution in [0.3, 0.4) is 0 Å². The van der Waals surface area contributed by atoms with Gasteiger partial charge in [0.2, 0.25) is 0 Å². The Balaban J connectivity index is 1.84. The van der Waals surface area contributed by atoms with Crippen LogP contribution >= 0.6 is 11.6 Å². The molecule has 7 nitrogen and oxygen atoms in total. The van der Waals surface area contributed by atoms with Crippen LogP contribution in [0.15, 0.2) is 42.5 Å². The number of carbonyl (C=O) groups excluding carboxylic acids is 1. The van der Waals surface area contributed by atoms with Crippen LogP contribution in [-0.4, -0.2) is 39.3 Å². The Bertz CT molecular complexity index is 992. The van der Waals surface area contributed by atoms with Gasteiger partial charge in [0, 0.05) is 17.1 Å². The van der Waals surface area contributed by atoms with Crippen molar-refractivity contribution in [3.05, 3.63) is 53.1 Å². The number of nitrogens with one attached hydrogen (secondary N) is 1. The summed E-state index contributed by atoms with van der Waals surface area (Å²) >= 11 is 6.10. The highest BCUT2D eigenvalue weighted by atomic mass is 35.5. The molecule has 2 aromatic rings. The number of para-hydroxylation sites is 2. The first-order valence-electron chi connectivity index (χ1n) is 9.12. The van der Waals surface area contributed by atoms with E-state index in [0.29, 0.717) is 34.5 Å². The van der Waals surface area contributed by atoms with Gasteiger partial charge in [0.15, 0.2) is 0 Å². The van der Waals surface area contributed by atoms with E-state index in [1.807, 2.05) is 6.07 Å². The van der Waals surface area contributed by atoms with Crippen LogP contribution in [-0.2, 0) is 16.7 Å². The first-order valence-corrected chi connectivity index (χ1v) is 11.3. The highest BCUT2D eigenvalue weighted by molar-refractivity contribution is 7.86. The molecule has 0 saturated heterocycles. The van der Waals surface area contributed by atoms with Crippen LogP contribution in [0.4, 0.5) is 10.5 Å². The van der Waals surface area contributed by atoms with Crippen LogP contribution in [0.1, 0.15) is 18.4 Å². The number of halogens is 1. The van der Waals surface area contributed by atoms with Crippen molar-refractivity contribution in [3.8, 4) is 11.5 Å². The molecule has 0 spiro atoms. The summed E-state index contributed by atoms with van der Waals surface area (Å²) in [4.78, 5) is 14.6. The summed E-state index contributed by atoms with van der Waals surface area (Å²) in [6, 6.07) is 11.5. The molecule has 156 valence electrons. The lowest BCUT2D eigenvalue weighted by Gasteiger charge is -2.24.